The molecule has 12 heteroatoms. The number of alkyl carbamates (subject to hydrolysis) is 1. The predicted octanol–water partition coefficient (Wildman–Crippen LogP) is 5.90. The zero-order chi connectivity index (χ0) is 34.4. The van der Waals surface area contributed by atoms with Crippen LogP contribution in [0.5, 0.6) is 5.75 Å². The van der Waals surface area contributed by atoms with E-state index in [-0.39, 0.29) is 29.2 Å². The molecular formula is C35H42N4O7S. The van der Waals surface area contributed by atoms with Crippen molar-refractivity contribution in [3.8, 4) is 16.9 Å². The number of guanidine groups is 1. The Morgan fingerprint density at radius 2 is 1.79 bits per heavy atom. The van der Waals surface area contributed by atoms with Crippen LogP contribution < -0.4 is 20.1 Å². The molecule has 47 heavy (non-hydrogen) atoms. The Labute approximate surface area is 275 Å². The summed E-state index contributed by atoms with van der Waals surface area (Å²) in [5, 5.41) is 20.5. The molecule has 3 aromatic rings. The number of benzene rings is 3. The second kappa shape index (κ2) is 12.6. The molecule has 1 aliphatic carbocycles. The van der Waals surface area contributed by atoms with E-state index in [9.17, 15) is 23.1 Å². The Bertz CT molecular complexity index is 1890. The number of fused-ring (bicyclic) bond motifs is 4. The zero-order valence-corrected chi connectivity index (χ0v) is 28.4. The fraction of sp³-hybridized carbons (Fsp3) is 0.400. The van der Waals surface area contributed by atoms with Crippen LogP contribution in [0.4, 0.5) is 10.5 Å². The smallest absolute Gasteiger partial charge is 0.407 e. The van der Waals surface area contributed by atoms with Crippen molar-refractivity contribution in [1.29, 1.82) is 5.41 Å². The molecule has 1 unspecified atom stereocenters. The molecule has 11 nitrogen and oxygen atoms in total. The van der Waals surface area contributed by atoms with E-state index in [0.29, 0.717) is 52.8 Å². The molecule has 0 spiro atoms. The number of ether oxygens (including phenoxy) is 2. The predicted molar refractivity (Wildman–Crippen MR) is 180 cm³/mol. The van der Waals surface area contributed by atoms with Crippen molar-refractivity contribution in [2.45, 2.75) is 89.7 Å². The molecule has 5 N–H and O–H groups in total. The van der Waals surface area contributed by atoms with Gasteiger partial charge in [0.25, 0.3) is 10.0 Å². The Kier molecular flexibility index (Phi) is 9.02. The Morgan fingerprint density at radius 1 is 1.11 bits per heavy atom. The molecule has 0 radical (unpaired) electrons. The quantitative estimate of drug-likeness (QED) is 0.162. The highest BCUT2D eigenvalue weighted by Crippen LogP contribution is 2.50. The summed E-state index contributed by atoms with van der Waals surface area (Å²) in [4.78, 5) is 24.5. The van der Waals surface area contributed by atoms with Crippen LogP contribution in [-0.4, -0.2) is 49.8 Å². The average Bonchev–Trinajstić information content (AvgIpc) is 3.32. The maximum absolute atomic E-state index is 14.8. The molecule has 2 aliphatic rings. The van der Waals surface area contributed by atoms with Crippen LogP contribution in [0.3, 0.4) is 0 Å². The third kappa shape index (κ3) is 6.02. The minimum absolute atomic E-state index is 0.0724. The summed E-state index contributed by atoms with van der Waals surface area (Å²) in [6.45, 7) is 11.0. The number of hydrogen-bond acceptors (Lipinski definition) is 7. The number of rotatable bonds is 9. The lowest BCUT2D eigenvalue weighted by Crippen LogP contribution is -2.43. The van der Waals surface area contributed by atoms with Crippen LogP contribution in [0.2, 0.25) is 0 Å². The van der Waals surface area contributed by atoms with Gasteiger partial charge in [-0.3, -0.25) is 5.41 Å². The summed E-state index contributed by atoms with van der Waals surface area (Å²) in [6, 6.07) is 11.5. The van der Waals surface area contributed by atoms with Gasteiger partial charge in [0.15, 0.2) is 0 Å². The maximum Gasteiger partial charge on any atom is 0.407 e. The Balaban J connectivity index is 1.61. The molecule has 250 valence electrons. The fourth-order valence-electron chi connectivity index (χ4n) is 6.81. The van der Waals surface area contributed by atoms with Gasteiger partial charge in [0, 0.05) is 5.92 Å². The number of nitrogens with zero attached hydrogens (tertiary/aromatic N) is 1. The van der Waals surface area contributed by atoms with Gasteiger partial charge in [0.05, 0.1) is 10.6 Å². The summed E-state index contributed by atoms with van der Waals surface area (Å²) in [5.41, 5.74) is 11.4. The zero-order valence-electron chi connectivity index (χ0n) is 27.6. The summed E-state index contributed by atoms with van der Waals surface area (Å²) in [7, 11) is -4.45. The molecule has 0 saturated carbocycles. The minimum atomic E-state index is -4.45. The molecule has 0 saturated heterocycles. The first-order valence-corrected chi connectivity index (χ1v) is 17.1. The van der Waals surface area contributed by atoms with Crippen molar-refractivity contribution >= 4 is 33.7 Å². The third-order valence-corrected chi connectivity index (χ3v) is 11.2. The highest BCUT2D eigenvalue weighted by atomic mass is 32.2. The normalized spacial score (nSPS) is 16.6. The van der Waals surface area contributed by atoms with Crippen LogP contribution in [-0.2, 0) is 26.0 Å². The van der Waals surface area contributed by atoms with Crippen molar-refractivity contribution in [3.63, 3.8) is 0 Å². The van der Waals surface area contributed by atoms with E-state index in [2.05, 4.69) is 5.32 Å². The lowest BCUT2D eigenvalue weighted by atomic mass is 9.88. The van der Waals surface area contributed by atoms with Crippen molar-refractivity contribution < 1.29 is 32.6 Å². The standard InChI is InChI=1S/C35H42N4O7S/c1-7-11-27(32(40)41)38-34(42)45-18-26-24-13-9-8-12-23(24)25-14-10-15-28(29(25)26)39(33(36)37)47(43,44)31-20(3)19(2)30-22(21(31)4)16-17-35(5,6)46-30/h8-10,12-15,26-27H,7,11,16-18H2,1-6H3,(H3,36,37)(H,38,42)(H,40,41)/t26?,27-/m1/s1. The first kappa shape index (κ1) is 33.8. The number of carbonyl (C=O) groups excluding carboxylic acids is 1. The number of carbonyl (C=O) groups is 2. The van der Waals surface area contributed by atoms with Crippen LogP contribution in [0, 0.1) is 26.2 Å². The second-order valence-corrected chi connectivity index (χ2v) is 14.6. The lowest BCUT2D eigenvalue weighted by molar-refractivity contribution is -0.139. The number of aliphatic carboxylic acids is 1. The minimum Gasteiger partial charge on any atom is -0.487 e. The molecular weight excluding hydrogens is 620 g/mol. The summed E-state index contributed by atoms with van der Waals surface area (Å²) in [6.07, 6.45) is 1.24. The summed E-state index contributed by atoms with van der Waals surface area (Å²) >= 11 is 0. The SMILES string of the molecule is CCC[C@@H](NC(=O)OCC1c2ccccc2-c2cccc(N(C(=N)N)S(=O)(=O)c3c(C)c(C)c4c(c3C)CCC(C)(C)O4)c21)C(=O)O. The van der Waals surface area contributed by atoms with Gasteiger partial charge >= 0.3 is 12.1 Å². The van der Waals surface area contributed by atoms with Crippen LogP contribution in [0.25, 0.3) is 11.1 Å². The molecule has 0 fully saturated rings. The number of nitrogens with two attached hydrogens (primary N) is 1. The van der Waals surface area contributed by atoms with Gasteiger partial charge in [-0.05, 0) is 104 Å². The topological polar surface area (TPSA) is 172 Å². The maximum atomic E-state index is 14.8. The largest absolute Gasteiger partial charge is 0.487 e. The van der Waals surface area contributed by atoms with E-state index in [1.54, 1.807) is 26.0 Å². The molecule has 1 aliphatic heterocycles. The van der Waals surface area contributed by atoms with E-state index in [1.165, 1.54) is 0 Å². The van der Waals surface area contributed by atoms with Crippen molar-refractivity contribution in [2.75, 3.05) is 10.9 Å². The fourth-order valence-corrected chi connectivity index (χ4v) is 8.72. The molecule has 1 amide bonds. The molecule has 1 heterocycles. The highest BCUT2D eigenvalue weighted by molar-refractivity contribution is 7.93. The van der Waals surface area contributed by atoms with Crippen molar-refractivity contribution in [2.24, 2.45) is 5.73 Å². The Morgan fingerprint density at radius 3 is 2.45 bits per heavy atom. The second-order valence-electron chi connectivity index (χ2n) is 12.8. The van der Waals surface area contributed by atoms with Crippen molar-refractivity contribution in [3.05, 3.63) is 75.8 Å². The number of nitrogens with one attached hydrogen (secondary N) is 2. The number of carboxylic acids is 1. The number of hydrogen-bond donors (Lipinski definition) is 4. The Hall–Kier alpha value is -4.58. The van der Waals surface area contributed by atoms with E-state index >= 15 is 0 Å². The summed E-state index contributed by atoms with van der Waals surface area (Å²) in [5.74, 6) is -1.79. The number of anilines is 1. The van der Waals surface area contributed by atoms with E-state index in [0.717, 1.165) is 21.0 Å². The molecule has 0 bridgehead atoms. The number of sulfonamides is 1. The van der Waals surface area contributed by atoms with Crippen LogP contribution in [0.1, 0.15) is 79.3 Å². The first-order chi connectivity index (χ1) is 22.1. The molecule has 3 aromatic carbocycles. The van der Waals surface area contributed by atoms with E-state index in [1.807, 2.05) is 58.0 Å². The van der Waals surface area contributed by atoms with E-state index in [4.69, 9.17) is 20.6 Å². The average molecular weight is 663 g/mol. The molecule has 0 aromatic heterocycles. The number of amides is 1. The van der Waals surface area contributed by atoms with Gasteiger partial charge in [-0.1, -0.05) is 49.7 Å². The van der Waals surface area contributed by atoms with Crippen molar-refractivity contribution in [1.82, 2.24) is 5.32 Å². The third-order valence-electron chi connectivity index (χ3n) is 9.21. The lowest BCUT2D eigenvalue weighted by Gasteiger charge is -2.36. The van der Waals surface area contributed by atoms with Crippen LogP contribution in [0.15, 0.2) is 47.4 Å². The number of carboxylic acid groups (broad SMARTS) is 1. The van der Waals surface area contributed by atoms with Gasteiger partial charge < -0.3 is 25.6 Å². The molecule has 2 atom stereocenters. The monoisotopic (exact) mass is 662 g/mol. The van der Waals surface area contributed by atoms with Crippen LogP contribution >= 0.6 is 0 Å². The molecule has 5 rings (SSSR count). The van der Waals surface area contributed by atoms with Gasteiger partial charge in [0.1, 0.15) is 24.0 Å². The van der Waals surface area contributed by atoms with Gasteiger partial charge in [-0.25, -0.2) is 22.3 Å². The first-order valence-electron chi connectivity index (χ1n) is 15.7. The summed E-state index contributed by atoms with van der Waals surface area (Å²) < 4.78 is 42.3. The highest BCUT2D eigenvalue weighted by Gasteiger charge is 2.40. The van der Waals surface area contributed by atoms with Gasteiger partial charge in [-0.15, -0.1) is 0 Å². The van der Waals surface area contributed by atoms with E-state index < -0.39 is 40.0 Å². The van der Waals surface area contributed by atoms with Gasteiger partial charge in [-0.2, -0.15) is 0 Å². The van der Waals surface area contributed by atoms with Gasteiger partial charge in [0.2, 0.25) is 5.96 Å².